The number of methoxy groups -OCH3 is 1. The van der Waals surface area contributed by atoms with Crippen LogP contribution in [0.25, 0.3) is 6.08 Å². The summed E-state index contributed by atoms with van der Waals surface area (Å²) < 4.78 is 4.25. The summed E-state index contributed by atoms with van der Waals surface area (Å²) in [6.07, 6.45) is 2.38. The van der Waals surface area contributed by atoms with Crippen molar-refractivity contribution in [2.75, 3.05) is 14.2 Å². The summed E-state index contributed by atoms with van der Waals surface area (Å²) in [5.41, 5.74) is 0.837. The SMILES string of the molecule is CC.COC.O=[N+]([O-])/C=C/c1ccccc1. The van der Waals surface area contributed by atoms with Crippen LogP contribution in [-0.2, 0) is 4.74 Å². The lowest BCUT2D eigenvalue weighted by Crippen LogP contribution is -1.81. The molecule has 0 saturated carbocycles. The van der Waals surface area contributed by atoms with Crippen LogP contribution in [0.5, 0.6) is 0 Å². The van der Waals surface area contributed by atoms with E-state index in [1.54, 1.807) is 26.4 Å². The molecule has 0 amide bonds. The maximum Gasteiger partial charge on any atom is 0.235 e. The van der Waals surface area contributed by atoms with E-state index in [1.807, 2.05) is 32.0 Å². The first-order valence-electron chi connectivity index (χ1n) is 4.97. The Bertz CT molecular complexity index is 284. The lowest BCUT2D eigenvalue weighted by Gasteiger charge is -1.86. The van der Waals surface area contributed by atoms with Crippen molar-refractivity contribution in [2.24, 2.45) is 0 Å². The molecule has 4 nitrogen and oxygen atoms in total. The van der Waals surface area contributed by atoms with Gasteiger partial charge in [0.05, 0.1) is 4.92 Å². The zero-order valence-corrected chi connectivity index (χ0v) is 10.2. The van der Waals surface area contributed by atoms with Gasteiger partial charge < -0.3 is 4.74 Å². The summed E-state index contributed by atoms with van der Waals surface area (Å²) in [6, 6.07) is 9.14. The standard InChI is InChI=1S/C8H7NO2.C2H6O.C2H6/c10-9(11)7-6-8-4-2-1-3-5-8;1-3-2;1-2/h1-7H;1-2H3;1-2H3/b7-6+;;. The molecule has 0 unspecified atom stereocenters. The molecule has 1 aromatic rings. The van der Waals surface area contributed by atoms with Crippen molar-refractivity contribution in [1.29, 1.82) is 0 Å². The summed E-state index contributed by atoms with van der Waals surface area (Å²) in [5, 5.41) is 9.89. The molecule has 1 aromatic carbocycles. The van der Waals surface area contributed by atoms with E-state index >= 15 is 0 Å². The Balaban J connectivity index is 0. The average molecular weight is 225 g/mol. The van der Waals surface area contributed by atoms with Crippen LogP contribution in [0.15, 0.2) is 36.5 Å². The van der Waals surface area contributed by atoms with E-state index in [0.717, 1.165) is 11.8 Å². The third kappa shape index (κ3) is 12.3. The molecule has 0 spiro atoms. The van der Waals surface area contributed by atoms with E-state index in [4.69, 9.17) is 0 Å². The first-order chi connectivity index (χ1) is 7.70. The molecule has 0 fully saturated rings. The van der Waals surface area contributed by atoms with Gasteiger partial charge in [-0.25, -0.2) is 0 Å². The highest BCUT2D eigenvalue weighted by Crippen LogP contribution is 1.99. The van der Waals surface area contributed by atoms with E-state index in [-0.39, 0.29) is 0 Å². The molecule has 0 aliphatic rings. The van der Waals surface area contributed by atoms with Gasteiger partial charge in [0.2, 0.25) is 6.20 Å². The summed E-state index contributed by atoms with van der Waals surface area (Å²) in [4.78, 5) is 9.41. The minimum absolute atomic E-state index is 0.479. The molecule has 4 heteroatoms. The Morgan fingerprint density at radius 2 is 1.62 bits per heavy atom. The number of hydrogen-bond acceptors (Lipinski definition) is 3. The summed E-state index contributed by atoms with van der Waals surface area (Å²) in [7, 11) is 3.25. The molecule has 0 radical (unpaired) electrons. The smallest absolute Gasteiger partial charge is 0.235 e. The topological polar surface area (TPSA) is 52.4 Å². The van der Waals surface area contributed by atoms with E-state index in [2.05, 4.69) is 4.74 Å². The molecule has 0 atom stereocenters. The highest BCUT2D eigenvalue weighted by Gasteiger charge is 1.86. The molecule has 0 aliphatic heterocycles. The highest BCUT2D eigenvalue weighted by molar-refractivity contribution is 5.47. The average Bonchev–Trinajstić information content (AvgIpc) is 2.31. The zero-order chi connectivity index (χ0) is 12.8. The van der Waals surface area contributed by atoms with Crippen LogP contribution < -0.4 is 0 Å². The fourth-order valence-electron chi connectivity index (χ4n) is 0.711. The number of hydrogen-bond donors (Lipinski definition) is 0. The van der Waals surface area contributed by atoms with Gasteiger partial charge in [-0.05, 0) is 5.56 Å². The first-order valence-corrected chi connectivity index (χ1v) is 4.97. The number of benzene rings is 1. The fraction of sp³-hybridized carbons (Fsp3) is 0.333. The predicted octanol–water partition coefficient (Wildman–Crippen LogP) is 3.22. The maximum absolute atomic E-state index is 9.89. The van der Waals surface area contributed by atoms with Gasteiger partial charge in [0.25, 0.3) is 0 Å². The molecule has 16 heavy (non-hydrogen) atoms. The molecular weight excluding hydrogens is 206 g/mol. The number of nitro groups is 1. The summed E-state index contributed by atoms with van der Waals surface area (Å²) in [5.74, 6) is 0. The number of rotatable bonds is 2. The van der Waals surface area contributed by atoms with Gasteiger partial charge in [-0.2, -0.15) is 0 Å². The Morgan fingerprint density at radius 1 is 1.19 bits per heavy atom. The lowest BCUT2D eigenvalue weighted by atomic mass is 10.2. The molecule has 0 N–H and O–H groups in total. The van der Waals surface area contributed by atoms with Gasteiger partial charge in [0.1, 0.15) is 0 Å². The molecule has 1 rings (SSSR count). The first kappa shape index (κ1) is 16.7. The molecule has 0 aliphatic carbocycles. The minimum atomic E-state index is -0.479. The Morgan fingerprint density at radius 3 is 2.00 bits per heavy atom. The Kier molecular flexibility index (Phi) is 13.9. The fourth-order valence-corrected chi connectivity index (χ4v) is 0.711. The van der Waals surface area contributed by atoms with Crippen molar-refractivity contribution in [3.8, 4) is 0 Å². The van der Waals surface area contributed by atoms with Crippen molar-refractivity contribution in [3.05, 3.63) is 52.2 Å². The third-order valence-corrected chi connectivity index (χ3v) is 1.19. The molecule has 0 saturated heterocycles. The summed E-state index contributed by atoms with van der Waals surface area (Å²) >= 11 is 0. The highest BCUT2D eigenvalue weighted by atomic mass is 16.6. The second-order valence-corrected chi connectivity index (χ2v) is 2.42. The van der Waals surface area contributed by atoms with Crippen molar-refractivity contribution >= 4 is 6.08 Å². The van der Waals surface area contributed by atoms with E-state index in [9.17, 15) is 10.1 Å². The van der Waals surface area contributed by atoms with Crippen molar-refractivity contribution in [2.45, 2.75) is 13.8 Å². The van der Waals surface area contributed by atoms with E-state index in [1.165, 1.54) is 6.08 Å². The van der Waals surface area contributed by atoms with Crippen LogP contribution in [0.3, 0.4) is 0 Å². The Hall–Kier alpha value is -1.68. The van der Waals surface area contributed by atoms with Crippen LogP contribution in [0.2, 0.25) is 0 Å². The molecule has 0 heterocycles. The van der Waals surface area contributed by atoms with Crippen LogP contribution >= 0.6 is 0 Å². The van der Waals surface area contributed by atoms with Gasteiger partial charge in [0.15, 0.2) is 0 Å². The van der Waals surface area contributed by atoms with Crippen molar-refractivity contribution in [3.63, 3.8) is 0 Å². The quantitative estimate of drug-likeness (QED) is 0.573. The van der Waals surface area contributed by atoms with Gasteiger partial charge in [-0.15, -0.1) is 0 Å². The molecule has 0 aromatic heterocycles. The lowest BCUT2D eigenvalue weighted by molar-refractivity contribution is -0.400. The largest absolute Gasteiger partial charge is 0.388 e. The number of ether oxygens (including phenoxy) is 1. The van der Waals surface area contributed by atoms with Crippen LogP contribution in [0.1, 0.15) is 19.4 Å². The molecule has 0 bridgehead atoms. The van der Waals surface area contributed by atoms with Crippen LogP contribution in [0.4, 0.5) is 0 Å². The second kappa shape index (κ2) is 13.3. The summed E-state index contributed by atoms with van der Waals surface area (Å²) in [6.45, 7) is 4.00. The van der Waals surface area contributed by atoms with E-state index in [0.29, 0.717) is 0 Å². The van der Waals surface area contributed by atoms with Crippen LogP contribution in [-0.4, -0.2) is 19.1 Å². The minimum Gasteiger partial charge on any atom is -0.388 e. The zero-order valence-electron chi connectivity index (χ0n) is 10.2. The van der Waals surface area contributed by atoms with Gasteiger partial charge >= 0.3 is 0 Å². The van der Waals surface area contributed by atoms with Gasteiger partial charge in [-0.1, -0.05) is 44.2 Å². The molecule has 90 valence electrons. The molecular formula is C12H19NO3. The normalized spacial score (nSPS) is 8.50. The van der Waals surface area contributed by atoms with Crippen LogP contribution in [0, 0.1) is 10.1 Å². The van der Waals surface area contributed by atoms with Crippen molar-refractivity contribution < 1.29 is 9.66 Å². The maximum atomic E-state index is 9.89. The predicted molar refractivity (Wildman–Crippen MR) is 66.8 cm³/mol. The third-order valence-electron chi connectivity index (χ3n) is 1.19. The van der Waals surface area contributed by atoms with Crippen molar-refractivity contribution in [1.82, 2.24) is 0 Å². The van der Waals surface area contributed by atoms with Gasteiger partial charge in [-0.3, -0.25) is 10.1 Å². The monoisotopic (exact) mass is 225 g/mol. The van der Waals surface area contributed by atoms with E-state index < -0.39 is 4.92 Å². The number of nitrogens with zero attached hydrogens (tertiary/aromatic N) is 1. The Labute approximate surface area is 96.7 Å². The second-order valence-electron chi connectivity index (χ2n) is 2.42. The van der Waals surface area contributed by atoms with Gasteiger partial charge in [0, 0.05) is 20.3 Å².